The van der Waals surface area contributed by atoms with Crippen LogP contribution < -0.4 is 5.32 Å². The lowest BCUT2D eigenvalue weighted by molar-refractivity contribution is 0.170. The summed E-state index contributed by atoms with van der Waals surface area (Å²) in [5.41, 5.74) is 1.93. The molecule has 0 spiro atoms. The van der Waals surface area contributed by atoms with E-state index in [2.05, 4.69) is 22.1 Å². The molecule has 0 aromatic carbocycles. The van der Waals surface area contributed by atoms with E-state index in [0.29, 0.717) is 13.2 Å². The van der Waals surface area contributed by atoms with Crippen LogP contribution >= 0.6 is 0 Å². The standard InChI is InChI=1S/C12H16N2O/c1-11-5-6-12(10-14-11)4-3-8-15-9-7-13-2/h5-6,10,13H,7-9H2,1-2H3. The first kappa shape index (κ1) is 11.7. The van der Waals surface area contributed by atoms with E-state index in [9.17, 15) is 0 Å². The van der Waals surface area contributed by atoms with E-state index < -0.39 is 0 Å². The Morgan fingerprint density at radius 2 is 2.33 bits per heavy atom. The van der Waals surface area contributed by atoms with Gasteiger partial charge in [0.1, 0.15) is 6.61 Å². The summed E-state index contributed by atoms with van der Waals surface area (Å²) in [7, 11) is 1.90. The van der Waals surface area contributed by atoms with Crippen molar-refractivity contribution >= 4 is 0 Å². The molecule has 1 rings (SSSR count). The molecule has 0 saturated carbocycles. The molecule has 0 unspecified atom stereocenters. The van der Waals surface area contributed by atoms with Crippen molar-refractivity contribution in [3.8, 4) is 11.8 Å². The minimum absolute atomic E-state index is 0.468. The van der Waals surface area contributed by atoms with Crippen LogP contribution in [0.2, 0.25) is 0 Å². The predicted octanol–water partition coefficient (Wildman–Crippen LogP) is 0.978. The lowest BCUT2D eigenvalue weighted by Crippen LogP contribution is -2.14. The summed E-state index contributed by atoms with van der Waals surface area (Å²) < 4.78 is 5.26. The molecule has 0 aliphatic rings. The molecule has 0 aliphatic heterocycles. The van der Waals surface area contributed by atoms with Crippen molar-refractivity contribution in [2.75, 3.05) is 26.8 Å². The van der Waals surface area contributed by atoms with Crippen LogP contribution in [0.4, 0.5) is 0 Å². The van der Waals surface area contributed by atoms with Crippen LogP contribution in [0, 0.1) is 18.8 Å². The van der Waals surface area contributed by atoms with Gasteiger partial charge in [0.05, 0.1) is 6.61 Å². The molecule has 1 aromatic heterocycles. The number of aromatic nitrogens is 1. The average Bonchev–Trinajstić information content (AvgIpc) is 2.26. The lowest BCUT2D eigenvalue weighted by atomic mass is 10.2. The second kappa shape index (κ2) is 6.99. The van der Waals surface area contributed by atoms with Crippen LogP contribution in [0.15, 0.2) is 18.3 Å². The first-order valence-electron chi connectivity index (χ1n) is 4.97. The van der Waals surface area contributed by atoms with Crippen molar-refractivity contribution < 1.29 is 4.74 Å². The lowest BCUT2D eigenvalue weighted by Gasteiger charge is -1.97. The van der Waals surface area contributed by atoms with Crippen molar-refractivity contribution in [3.05, 3.63) is 29.6 Å². The molecule has 1 aromatic rings. The number of ether oxygens (including phenoxy) is 1. The van der Waals surface area contributed by atoms with Crippen molar-refractivity contribution in [1.29, 1.82) is 0 Å². The first-order valence-corrected chi connectivity index (χ1v) is 4.97. The zero-order chi connectivity index (χ0) is 10.9. The van der Waals surface area contributed by atoms with Gasteiger partial charge in [0, 0.05) is 24.0 Å². The van der Waals surface area contributed by atoms with Gasteiger partial charge in [0.25, 0.3) is 0 Å². The SMILES string of the molecule is CNCCOCC#Cc1ccc(C)nc1. The van der Waals surface area contributed by atoms with Gasteiger partial charge in [-0.1, -0.05) is 11.8 Å². The summed E-state index contributed by atoms with van der Waals surface area (Å²) in [5.74, 6) is 5.93. The molecule has 0 bridgehead atoms. The second-order valence-electron chi connectivity index (χ2n) is 3.15. The summed E-state index contributed by atoms with van der Waals surface area (Å²) >= 11 is 0. The number of hydrogen-bond acceptors (Lipinski definition) is 3. The third kappa shape index (κ3) is 5.16. The smallest absolute Gasteiger partial charge is 0.108 e. The van der Waals surface area contributed by atoms with Gasteiger partial charge in [-0.2, -0.15) is 0 Å². The fourth-order valence-electron chi connectivity index (χ4n) is 0.977. The van der Waals surface area contributed by atoms with Crippen molar-refractivity contribution in [2.45, 2.75) is 6.92 Å². The summed E-state index contributed by atoms with van der Waals surface area (Å²) in [4.78, 5) is 4.15. The van der Waals surface area contributed by atoms with Gasteiger partial charge in [0.2, 0.25) is 0 Å². The molecule has 0 fully saturated rings. The first-order chi connectivity index (χ1) is 7.33. The van der Waals surface area contributed by atoms with Gasteiger partial charge < -0.3 is 10.1 Å². The molecule has 0 saturated heterocycles. The molecule has 3 heteroatoms. The minimum Gasteiger partial charge on any atom is -0.367 e. The normalized spacial score (nSPS) is 9.47. The van der Waals surface area contributed by atoms with Gasteiger partial charge >= 0.3 is 0 Å². The highest BCUT2D eigenvalue weighted by Gasteiger charge is 1.86. The Bertz CT molecular complexity index is 335. The zero-order valence-corrected chi connectivity index (χ0v) is 9.21. The third-order valence-corrected chi connectivity index (χ3v) is 1.81. The number of nitrogens with zero attached hydrogens (tertiary/aromatic N) is 1. The van der Waals surface area contributed by atoms with E-state index in [-0.39, 0.29) is 0 Å². The third-order valence-electron chi connectivity index (χ3n) is 1.81. The van der Waals surface area contributed by atoms with Crippen LogP contribution in [0.25, 0.3) is 0 Å². The summed E-state index contributed by atoms with van der Waals surface area (Å²) in [6.45, 7) is 3.97. The molecule has 0 amide bonds. The van der Waals surface area contributed by atoms with Crippen LogP contribution in [0.5, 0.6) is 0 Å². The predicted molar refractivity (Wildman–Crippen MR) is 60.6 cm³/mol. The van der Waals surface area contributed by atoms with Gasteiger partial charge in [-0.05, 0) is 26.1 Å². The highest BCUT2D eigenvalue weighted by molar-refractivity contribution is 5.32. The highest BCUT2D eigenvalue weighted by atomic mass is 16.5. The molecule has 15 heavy (non-hydrogen) atoms. The van der Waals surface area contributed by atoms with Gasteiger partial charge in [-0.25, -0.2) is 0 Å². The number of likely N-dealkylation sites (N-methyl/N-ethyl adjacent to an activating group) is 1. The topological polar surface area (TPSA) is 34.1 Å². The van der Waals surface area contributed by atoms with E-state index in [4.69, 9.17) is 4.74 Å². The zero-order valence-electron chi connectivity index (χ0n) is 9.21. The molecule has 1 heterocycles. The highest BCUT2D eigenvalue weighted by Crippen LogP contribution is 1.96. The second-order valence-corrected chi connectivity index (χ2v) is 3.15. The maximum Gasteiger partial charge on any atom is 0.108 e. The molecule has 1 N–H and O–H groups in total. The molecule has 80 valence electrons. The van der Waals surface area contributed by atoms with Gasteiger partial charge in [0.15, 0.2) is 0 Å². The molecule has 0 radical (unpaired) electrons. The summed E-state index contributed by atoms with van der Waals surface area (Å²) in [6, 6.07) is 3.91. The maximum absolute atomic E-state index is 5.26. The molecular weight excluding hydrogens is 188 g/mol. The number of rotatable bonds is 4. The Morgan fingerprint density at radius 1 is 1.47 bits per heavy atom. The quantitative estimate of drug-likeness (QED) is 0.586. The van der Waals surface area contributed by atoms with Crippen molar-refractivity contribution in [2.24, 2.45) is 0 Å². The van der Waals surface area contributed by atoms with Crippen molar-refractivity contribution in [3.63, 3.8) is 0 Å². The average molecular weight is 204 g/mol. The molecule has 0 atom stereocenters. The van der Waals surface area contributed by atoms with E-state index in [0.717, 1.165) is 17.8 Å². The Labute approximate surface area is 90.9 Å². The van der Waals surface area contributed by atoms with E-state index in [1.165, 1.54) is 0 Å². The van der Waals surface area contributed by atoms with Crippen LogP contribution in [-0.2, 0) is 4.74 Å². The van der Waals surface area contributed by atoms with Gasteiger partial charge in [-0.3, -0.25) is 4.98 Å². The molecular formula is C12H16N2O. The van der Waals surface area contributed by atoms with Crippen LogP contribution in [-0.4, -0.2) is 31.8 Å². The van der Waals surface area contributed by atoms with Crippen LogP contribution in [0.1, 0.15) is 11.3 Å². The Balaban J connectivity index is 2.28. The van der Waals surface area contributed by atoms with Crippen molar-refractivity contribution in [1.82, 2.24) is 10.3 Å². The monoisotopic (exact) mass is 204 g/mol. The Hall–Kier alpha value is -1.37. The largest absolute Gasteiger partial charge is 0.367 e. The molecule has 3 nitrogen and oxygen atoms in total. The summed E-state index contributed by atoms with van der Waals surface area (Å²) in [5, 5.41) is 3.00. The van der Waals surface area contributed by atoms with E-state index >= 15 is 0 Å². The number of aryl methyl sites for hydroxylation is 1. The Morgan fingerprint density at radius 3 is 3.00 bits per heavy atom. The Kier molecular flexibility index (Phi) is 5.46. The van der Waals surface area contributed by atoms with Crippen LogP contribution in [0.3, 0.4) is 0 Å². The van der Waals surface area contributed by atoms with E-state index in [1.807, 2.05) is 26.1 Å². The number of nitrogens with one attached hydrogen (secondary N) is 1. The molecule has 0 aliphatic carbocycles. The number of pyridine rings is 1. The van der Waals surface area contributed by atoms with Gasteiger partial charge in [-0.15, -0.1) is 0 Å². The minimum atomic E-state index is 0.468. The van der Waals surface area contributed by atoms with E-state index in [1.54, 1.807) is 6.20 Å². The number of hydrogen-bond donors (Lipinski definition) is 1. The fourth-order valence-corrected chi connectivity index (χ4v) is 0.977. The maximum atomic E-state index is 5.26. The summed E-state index contributed by atoms with van der Waals surface area (Å²) in [6.07, 6.45) is 1.77. The fraction of sp³-hybridized carbons (Fsp3) is 0.417.